The minimum absolute atomic E-state index is 1.00. The summed E-state index contributed by atoms with van der Waals surface area (Å²) < 4.78 is 0. The molecule has 0 saturated heterocycles. The van der Waals surface area contributed by atoms with Crippen molar-refractivity contribution in [2.24, 2.45) is 0 Å². The fraction of sp³-hybridized carbons (Fsp3) is 0.353. The molecule has 1 heterocycles. The Morgan fingerprint density at radius 2 is 1.40 bits per heavy atom. The molecule has 0 spiro atoms. The van der Waals surface area contributed by atoms with Crippen LogP contribution < -0.4 is 10.2 Å². The Hall–Kier alpha value is -1.87. The molecule has 3 heteroatoms. The molecule has 1 aromatic heterocycles. The van der Waals surface area contributed by atoms with Crippen molar-refractivity contribution in [3.05, 3.63) is 59.9 Å². The maximum absolute atomic E-state index is 4.04. The van der Waals surface area contributed by atoms with Gasteiger partial charge in [-0.25, -0.2) is 0 Å². The summed E-state index contributed by atoms with van der Waals surface area (Å²) in [5.41, 5.74) is 4.00. The molecule has 0 atom stereocenters. The number of benzene rings is 1. The maximum Gasteiger partial charge on any atom is 0.102 e. The Morgan fingerprint density at radius 3 is 1.95 bits per heavy atom. The van der Waals surface area contributed by atoms with E-state index in [9.17, 15) is 0 Å². The molecule has 2 aromatic rings. The molecule has 106 valence electrons. The van der Waals surface area contributed by atoms with Gasteiger partial charge in [-0.05, 0) is 38.1 Å². The molecule has 0 aliphatic heterocycles. The molecule has 0 unspecified atom stereocenters. The maximum atomic E-state index is 4.04. The number of quaternary nitrogens is 1. The van der Waals surface area contributed by atoms with Gasteiger partial charge in [0.2, 0.25) is 0 Å². The van der Waals surface area contributed by atoms with E-state index in [0.29, 0.717) is 0 Å². The number of hydrogen-bond acceptors (Lipinski definition) is 2. The van der Waals surface area contributed by atoms with Crippen molar-refractivity contribution in [1.82, 2.24) is 4.98 Å². The molecule has 0 amide bonds. The normalized spacial score (nSPS) is 10.5. The lowest BCUT2D eigenvalue weighted by Crippen LogP contribution is -2.80. The highest BCUT2D eigenvalue weighted by Crippen LogP contribution is 2.14. The minimum atomic E-state index is 1.00. The Kier molecular flexibility index (Phi) is 5.56. The van der Waals surface area contributed by atoms with E-state index in [1.165, 1.54) is 16.8 Å². The van der Waals surface area contributed by atoms with E-state index < -0.39 is 0 Å². The molecule has 0 fully saturated rings. The van der Waals surface area contributed by atoms with Crippen LogP contribution in [0.3, 0.4) is 0 Å². The molecule has 1 aromatic carbocycles. The van der Waals surface area contributed by atoms with E-state index >= 15 is 0 Å². The lowest BCUT2D eigenvalue weighted by molar-refractivity contribution is -0.686. The van der Waals surface area contributed by atoms with E-state index in [4.69, 9.17) is 0 Å². The summed E-state index contributed by atoms with van der Waals surface area (Å²) in [5.74, 6) is 0. The Labute approximate surface area is 121 Å². The second-order valence-corrected chi connectivity index (χ2v) is 4.89. The number of pyridine rings is 1. The van der Waals surface area contributed by atoms with Crippen molar-refractivity contribution in [3.63, 3.8) is 0 Å². The van der Waals surface area contributed by atoms with Gasteiger partial charge in [-0.1, -0.05) is 12.1 Å². The number of hydrogen-bond donors (Lipinski definition) is 1. The van der Waals surface area contributed by atoms with Crippen molar-refractivity contribution in [2.45, 2.75) is 26.9 Å². The average Bonchev–Trinajstić information content (AvgIpc) is 2.51. The zero-order chi connectivity index (χ0) is 14.2. The van der Waals surface area contributed by atoms with Crippen LogP contribution >= 0.6 is 0 Å². The minimum Gasteiger partial charge on any atom is -0.372 e. The van der Waals surface area contributed by atoms with Gasteiger partial charge < -0.3 is 10.2 Å². The summed E-state index contributed by atoms with van der Waals surface area (Å²) in [6, 6.07) is 13.1. The van der Waals surface area contributed by atoms with E-state index in [1.54, 1.807) is 0 Å². The third-order valence-electron chi connectivity index (χ3n) is 3.57. The second-order valence-electron chi connectivity index (χ2n) is 4.89. The molecule has 2 rings (SSSR count). The highest BCUT2D eigenvalue weighted by atomic mass is 15.1. The number of rotatable bonds is 7. The summed E-state index contributed by atoms with van der Waals surface area (Å²) in [7, 11) is 0. The van der Waals surface area contributed by atoms with Gasteiger partial charge in [-0.2, -0.15) is 0 Å². The largest absolute Gasteiger partial charge is 0.372 e. The highest BCUT2D eigenvalue weighted by Gasteiger charge is 2.02. The van der Waals surface area contributed by atoms with Gasteiger partial charge in [0, 0.05) is 42.3 Å². The van der Waals surface area contributed by atoms with Crippen LogP contribution in [0.4, 0.5) is 5.69 Å². The van der Waals surface area contributed by atoms with E-state index in [-0.39, 0.29) is 0 Å². The molecule has 20 heavy (non-hydrogen) atoms. The van der Waals surface area contributed by atoms with E-state index in [1.807, 2.05) is 12.4 Å². The van der Waals surface area contributed by atoms with Crippen LogP contribution in [0.25, 0.3) is 0 Å². The molecule has 0 saturated carbocycles. The standard InChI is InChI=1S/C17H23N3/c1-3-20(4-2)17-7-5-15(6-8-17)13-19-14-16-9-11-18-12-10-16/h5-12,19H,3-4,13-14H2,1-2H3/p+1. The molecule has 0 aliphatic rings. The number of anilines is 1. The van der Waals surface area contributed by atoms with Crippen molar-refractivity contribution < 1.29 is 5.32 Å². The van der Waals surface area contributed by atoms with Crippen molar-refractivity contribution >= 4 is 5.69 Å². The first kappa shape index (κ1) is 14.5. The first-order valence-corrected chi connectivity index (χ1v) is 7.38. The van der Waals surface area contributed by atoms with Gasteiger partial charge in [0.15, 0.2) is 0 Å². The zero-order valence-electron chi connectivity index (χ0n) is 12.4. The summed E-state index contributed by atoms with van der Waals surface area (Å²) in [5, 5.41) is 2.32. The molecule has 0 aliphatic carbocycles. The predicted octanol–water partition coefficient (Wildman–Crippen LogP) is 2.19. The summed E-state index contributed by atoms with van der Waals surface area (Å²) in [6.07, 6.45) is 3.70. The van der Waals surface area contributed by atoms with Crippen molar-refractivity contribution in [3.8, 4) is 0 Å². The van der Waals surface area contributed by atoms with Crippen LogP contribution in [0.1, 0.15) is 25.0 Å². The number of nitrogens with zero attached hydrogens (tertiary/aromatic N) is 2. The first-order valence-electron chi connectivity index (χ1n) is 7.38. The number of aromatic nitrogens is 1. The highest BCUT2D eigenvalue weighted by molar-refractivity contribution is 5.47. The molecule has 2 N–H and O–H groups in total. The fourth-order valence-corrected chi connectivity index (χ4v) is 2.36. The topological polar surface area (TPSA) is 32.7 Å². The summed E-state index contributed by atoms with van der Waals surface area (Å²) in [4.78, 5) is 6.40. The zero-order valence-corrected chi connectivity index (χ0v) is 12.4. The van der Waals surface area contributed by atoms with E-state index in [0.717, 1.165) is 26.2 Å². The van der Waals surface area contributed by atoms with E-state index in [2.05, 4.69) is 65.4 Å². The van der Waals surface area contributed by atoms with Gasteiger partial charge in [-0.3, -0.25) is 4.98 Å². The van der Waals surface area contributed by atoms with Crippen LogP contribution in [0, 0.1) is 0 Å². The van der Waals surface area contributed by atoms with Crippen LogP contribution in [-0.4, -0.2) is 18.1 Å². The van der Waals surface area contributed by atoms with Crippen molar-refractivity contribution in [1.29, 1.82) is 0 Å². The monoisotopic (exact) mass is 270 g/mol. The van der Waals surface area contributed by atoms with Gasteiger partial charge in [-0.15, -0.1) is 0 Å². The lowest BCUT2D eigenvalue weighted by atomic mass is 10.2. The van der Waals surface area contributed by atoms with Crippen LogP contribution in [-0.2, 0) is 13.1 Å². The van der Waals surface area contributed by atoms with Crippen molar-refractivity contribution in [2.75, 3.05) is 18.0 Å². The molecule has 0 radical (unpaired) electrons. The fourth-order valence-electron chi connectivity index (χ4n) is 2.36. The van der Waals surface area contributed by atoms with Crippen LogP contribution in [0.2, 0.25) is 0 Å². The van der Waals surface area contributed by atoms with Crippen LogP contribution in [0.5, 0.6) is 0 Å². The predicted molar refractivity (Wildman–Crippen MR) is 83.6 cm³/mol. The smallest absolute Gasteiger partial charge is 0.102 e. The molecule has 0 bridgehead atoms. The van der Waals surface area contributed by atoms with Gasteiger partial charge >= 0.3 is 0 Å². The summed E-state index contributed by atoms with van der Waals surface area (Å²) >= 11 is 0. The Balaban J connectivity index is 1.85. The Morgan fingerprint density at radius 1 is 0.850 bits per heavy atom. The first-order chi connectivity index (χ1) is 9.83. The average molecular weight is 270 g/mol. The van der Waals surface area contributed by atoms with Gasteiger partial charge in [0.1, 0.15) is 13.1 Å². The third kappa shape index (κ3) is 4.07. The van der Waals surface area contributed by atoms with Gasteiger partial charge in [0.05, 0.1) is 0 Å². The Bertz CT molecular complexity index is 489. The molecular formula is C17H24N3+. The SMILES string of the molecule is CCN(CC)c1ccc(C[NH2+]Cc2ccncc2)cc1. The summed E-state index contributed by atoms with van der Waals surface area (Å²) in [6.45, 7) is 8.52. The van der Waals surface area contributed by atoms with Crippen LogP contribution in [0.15, 0.2) is 48.8 Å². The second kappa shape index (κ2) is 7.65. The molecular weight excluding hydrogens is 246 g/mol. The third-order valence-corrected chi connectivity index (χ3v) is 3.57. The van der Waals surface area contributed by atoms with Gasteiger partial charge in [0.25, 0.3) is 0 Å². The number of nitrogens with two attached hydrogens (primary N) is 1. The quantitative estimate of drug-likeness (QED) is 0.836. The molecule has 3 nitrogen and oxygen atoms in total. The lowest BCUT2D eigenvalue weighted by Gasteiger charge is -2.21.